The van der Waals surface area contributed by atoms with E-state index in [-0.39, 0.29) is 6.42 Å². The van der Waals surface area contributed by atoms with Crippen LogP contribution in [0.3, 0.4) is 0 Å². The second kappa shape index (κ2) is 12.0. The molecule has 0 spiro atoms. The van der Waals surface area contributed by atoms with Crippen molar-refractivity contribution >= 4 is 16.7 Å². The number of aryl methyl sites for hydroxylation is 1. The number of carboxylic acid groups (broad SMARTS) is 1. The van der Waals surface area contributed by atoms with E-state index in [9.17, 15) is 9.90 Å². The van der Waals surface area contributed by atoms with Crippen molar-refractivity contribution in [2.45, 2.75) is 32.8 Å². The number of carboxylic acids is 1. The molecule has 6 nitrogen and oxygen atoms in total. The summed E-state index contributed by atoms with van der Waals surface area (Å²) in [6.07, 6.45) is -0.0000724. The Hall–Kier alpha value is -4.42. The summed E-state index contributed by atoms with van der Waals surface area (Å²) in [6.45, 7) is 4.50. The Bertz CT molecular complexity index is 1560. The molecule has 0 unspecified atom stereocenters. The smallest absolute Gasteiger partial charge is 0.333 e. The fourth-order valence-corrected chi connectivity index (χ4v) is 4.73. The summed E-state index contributed by atoms with van der Waals surface area (Å²) >= 11 is 0. The number of aliphatic carboxylic acids is 1. The maximum atomic E-state index is 11.6. The predicted molar refractivity (Wildman–Crippen MR) is 152 cm³/mol. The second-order valence-corrected chi connectivity index (χ2v) is 9.32. The molecule has 1 N–H and O–H groups in total. The molecule has 5 aromatic rings. The van der Waals surface area contributed by atoms with Gasteiger partial charge in [-0.1, -0.05) is 72.8 Å². The van der Waals surface area contributed by atoms with Crippen LogP contribution in [0.25, 0.3) is 33.4 Å². The van der Waals surface area contributed by atoms with Crippen LogP contribution in [-0.2, 0) is 22.4 Å². The molecular formula is C33H31NO5. The molecule has 39 heavy (non-hydrogen) atoms. The Morgan fingerprint density at radius 2 is 1.54 bits per heavy atom. The third-order valence-corrected chi connectivity index (χ3v) is 6.75. The minimum absolute atomic E-state index is 0.289. The SMILES string of the molecule is CCO[C@@H](Cc1ccc(OCCc2nc(-c3ccc(-c4ccccc4)cc3)oc2C)c2ccccc12)C(=O)O. The molecule has 4 aromatic carbocycles. The van der Waals surface area contributed by atoms with Crippen LogP contribution in [0, 0.1) is 6.92 Å². The van der Waals surface area contributed by atoms with E-state index in [2.05, 4.69) is 24.3 Å². The van der Waals surface area contributed by atoms with E-state index in [0.717, 1.165) is 44.7 Å². The largest absolute Gasteiger partial charge is 0.493 e. The summed E-state index contributed by atoms with van der Waals surface area (Å²) in [5.74, 6) is 1.15. The summed E-state index contributed by atoms with van der Waals surface area (Å²) in [6, 6.07) is 30.2. The molecule has 0 aliphatic carbocycles. The summed E-state index contributed by atoms with van der Waals surface area (Å²) in [5, 5.41) is 11.4. The number of hydrogen-bond donors (Lipinski definition) is 1. The van der Waals surface area contributed by atoms with Crippen LogP contribution in [0.1, 0.15) is 23.9 Å². The van der Waals surface area contributed by atoms with Crippen molar-refractivity contribution in [1.29, 1.82) is 0 Å². The second-order valence-electron chi connectivity index (χ2n) is 9.32. The minimum atomic E-state index is -0.962. The molecule has 198 valence electrons. The van der Waals surface area contributed by atoms with Crippen molar-refractivity contribution in [3.63, 3.8) is 0 Å². The van der Waals surface area contributed by atoms with Gasteiger partial charge in [-0.3, -0.25) is 0 Å². The van der Waals surface area contributed by atoms with Crippen LogP contribution >= 0.6 is 0 Å². The van der Waals surface area contributed by atoms with Gasteiger partial charge in [0.05, 0.1) is 12.3 Å². The first-order valence-electron chi connectivity index (χ1n) is 13.1. The number of oxazole rings is 1. The Morgan fingerprint density at radius 3 is 2.26 bits per heavy atom. The van der Waals surface area contributed by atoms with Crippen molar-refractivity contribution in [2.24, 2.45) is 0 Å². The van der Waals surface area contributed by atoms with Gasteiger partial charge in [-0.25, -0.2) is 9.78 Å². The number of carbonyl (C=O) groups is 1. The molecule has 0 saturated carbocycles. The summed E-state index contributed by atoms with van der Waals surface area (Å²) in [5.41, 5.74) is 5.01. The number of aromatic nitrogens is 1. The van der Waals surface area contributed by atoms with Crippen LogP contribution in [0.5, 0.6) is 5.75 Å². The molecule has 0 fully saturated rings. The lowest BCUT2D eigenvalue weighted by atomic mass is 9.99. The molecule has 1 atom stereocenters. The number of fused-ring (bicyclic) bond motifs is 1. The van der Waals surface area contributed by atoms with Crippen molar-refractivity contribution in [2.75, 3.05) is 13.2 Å². The highest BCUT2D eigenvalue weighted by Gasteiger charge is 2.20. The van der Waals surface area contributed by atoms with Gasteiger partial charge in [0.15, 0.2) is 6.10 Å². The molecule has 1 heterocycles. The van der Waals surface area contributed by atoms with Gasteiger partial charge < -0.3 is 19.0 Å². The lowest BCUT2D eigenvalue weighted by molar-refractivity contribution is -0.149. The molecule has 0 aliphatic heterocycles. The van der Waals surface area contributed by atoms with E-state index in [1.807, 2.05) is 73.7 Å². The van der Waals surface area contributed by atoms with Gasteiger partial charge in [0.25, 0.3) is 0 Å². The van der Waals surface area contributed by atoms with E-state index in [1.165, 1.54) is 5.56 Å². The molecule has 0 bridgehead atoms. The fourth-order valence-electron chi connectivity index (χ4n) is 4.73. The van der Waals surface area contributed by atoms with Crippen LogP contribution in [0.15, 0.2) is 95.4 Å². The first kappa shape index (κ1) is 26.2. The van der Waals surface area contributed by atoms with Crippen molar-refractivity contribution in [3.8, 4) is 28.3 Å². The number of rotatable bonds is 11. The average Bonchev–Trinajstić information content (AvgIpc) is 3.34. The lowest BCUT2D eigenvalue weighted by Gasteiger charge is -2.16. The van der Waals surface area contributed by atoms with Crippen LogP contribution in [0.2, 0.25) is 0 Å². The van der Waals surface area contributed by atoms with E-state index < -0.39 is 12.1 Å². The minimum Gasteiger partial charge on any atom is -0.493 e. The molecule has 0 aliphatic rings. The van der Waals surface area contributed by atoms with Gasteiger partial charge in [-0.15, -0.1) is 0 Å². The number of hydrogen-bond acceptors (Lipinski definition) is 5. The van der Waals surface area contributed by atoms with Crippen LogP contribution in [-0.4, -0.2) is 35.4 Å². The van der Waals surface area contributed by atoms with Crippen molar-refractivity contribution in [1.82, 2.24) is 4.98 Å². The van der Waals surface area contributed by atoms with E-state index in [0.29, 0.717) is 25.5 Å². The normalized spacial score (nSPS) is 11.9. The first-order valence-corrected chi connectivity index (χ1v) is 13.1. The Morgan fingerprint density at radius 1 is 0.872 bits per heavy atom. The third kappa shape index (κ3) is 6.02. The highest BCUT2D eigenvalue weighted by Crippen LogP contribution is 2.30. The summed E-state index contributed by atoms with van der Waals surface area (Å²) in [7, 11) is 0. The zero-order chi connectivity index (χ0) is 27.2. The van der Waals surface area contributed by atoms with Crippen LogP contribution < -0.4 is 4.74 Å². The monoisotopic (exact) mass is 521 g/mol. The highest BCUT2D eigenvalue weighted by molar-refractivity contribution is 5.91. The van der Waals surface area contributed by atoms with Gasteiger partial charge in [0.1, 0.15) is 11.5 Å². The van der Waals surface area contributed by atoms with Gasteiger partial charge in [0.2, 0.25) is 5.89 Å². The molecule has 1 aromatic heterocycles. The quantitative estimate of drug-likeness (QED) is 0.199. The topological polar surface area (TPSA) is 81.8 Å². The lowest BCUT2D eigenvalue weighted by Crippen LogP contribution is -2.26. The van der Waals surface area contributed by atoms with Crippen molar-refractivity contribution < 1.29 is 23.8 Å². The molecular weight excluding hydrogens is 490 g/mol. The Kier molecular flexibility index (Phi) is 8.04. The molecule has 0 amide bonds. The summed E-state index contributed by atoms with van der Waals surface area (Å²) in [4.78, 5) is 16.3. The van der Waals surface area contributed by atoms with E-state index in [4.69, 9.17) is 18.9 Å². The van der Waals surface area contributed by atoms with Crippen LogP contribution in [0.4, 0.5) is 0 Å². The number of ether oxygens (including phenoxy) is 2. The van der Waals surface area contributed by atoms with Crippen molar-refractivity contribution in [3.05, 3.63) is 108 Å². The fraction of sp³-hybridized carbons (Fsp3) is 0.212. The first-order chi connectivity index (χ1) is 19.0. The Balaban J connectivity index is 1.27. The maximum absolute atomic E-state index is 11.6. The molecule has 6 heteroatoms. The van der Waals surface area contributed by atoms with E-state index in [1.54, 1.807) is 6.92 Å². The zero-order valence-corrected chi connectivity index (χ0v) is 22.1. The van der Waals surface area contributed by atoms with Gasteiger partial charge in [-0.2, -0.15) is 0 Å². The zero-order valence-electron chi connectivity index (χ0n) is 22.1. The molecule has 0 radical (unpaired) electrons. The maximum Gasteiger partial charge on any atom is 0.333 e. The highest BCUT2D eigenvalue weighted by atomic mass is 16.5. The van der Waals surface area contributed by atoms with Gasteiger partial charge in [-0.05, 0) is 54.1 Å². The van der Waals surface area contributed by atoms with E-state index >= 15 is 0 Å². The number of benzene rings is 4. The van der Waals surface area contributed by atoms with Gasteiger partial charge in [0, 0.05) is 30.4 Å². The van der Waals surface area contributed by atoms with Gasteiger partial charge >= 0.3 is 5.97 Å². The third-order valence-electron chi connectivity index (χ3n) is 6.75. The Labute approximate surface area is 227 Å². The average molecular weight is 522 g/mol. The molecule has 5 rings (SSSR count). The standard InChI is InChI=1S/C33H31NO5/c1-3-37-31(33(35)36)21-26-17-18-30(28-12-8-7-11-27(26)28)38-20-19-29-22(2)39-32(34-29)25-15-13-24(14-16-25)23-9-5-4-6-10-23/h4-18,31H,3,19-21H2,1-2H3,(H,35,36)/t31-/m0/s1. The number of nitrogens with zero attached hydrogens (tertiary/aromatic N) is 1. The predicted octanol–water partition coefficient (Wildman–Crippen LogP) is 7.12. The molecule has 0 saturated heterocycles. The summed E-state index contributed by atoms with van der Waals surface area (Å²) < 4.78 is 17.6.